The molecule has 0 aromatic carbocycles. The number of ether oxygens (including phenoxy) is 1. The van der Waals surface area contributed by atoms with Gasteiger partial charge < -0.3 is 15.4 Å². The molecule has 9 nitrogen and oxygen atoms in total. The highest BCUT2D eigenvalue weighted by molar-refractivity contribution is 5.90. The predicted octanol–water partition coefficient (Wildman–Crippen LogP) is 3.09. The Balaban J connectivity index is 1.44. The quantitative estimate of drug-likeness (QED) is 0.304. The van der Waals surface area contributed by atoms with Crippen molar-refractivity contribution in [3.63, 3.8) is 0 Å². The van der Waals surface area contributed by atoms with Gasteiger partial charge in [0.05, 0.1) is 18.1 Å². The van der Waals surface area contributed by atoms with Crippen molar-refractivity contribution in [2.45, 2.75) is 89.5 Å². The first kappa shape index (κ1) is 24.1. The molecular formula is C23H35N5O4. The molecule has 2 heterocycles. The number of nitrogens with zero attached hydrogens (tertiary/aromatic N) is 2. The van der Waals surface area contributed by atoms with Crippen LogP contribution in [0.25, 0.3) is 6.08 Å². The van der Waals surface area contributed by atoms with E-state index < -0.39 is 12.2 Å². The van der Waals surface area contributed by atoms with Crippen LogP contribution in [0.2, 0.25) is 0 Å². The van der Waals surface area contributed by atoms with Gasteiger partial charge in [0.15, 0.2) is 6.29 Å². The summed E-state index contributed by atoms with van der Waals surface area (Å²) in [6.45, 7) is 2.61. The fraction of sp³-hybridized carbons (Fsp3) is 0.652. The molecule has 0 bridgehead atoms. The number of amides is 2. The lowest BCUT2D eigenvalue weighted by Crippen LogP contribution is -2.44. The number of hydroxylamine groups is 1. The van der Waals surface area contributed by atoms with Crippen molar-refractivity contribution >= 4 is 23.7 Å². The first-order valence-corrected chi connectivity index (χ1v) is 11.8. The summed E-state index contributed by atoms with van der Waals surface area (Å²) in [4.78, 5) is 38.4. The van der Waals surface area contributed by atoms with E-state index in [1.54, 1.807) is 18.5 Å². The standard InChI is InChI=1S/C23H35N5O4/c1-2-19(23(30)26-17-9-5-3-4-6-10-17)27-20-16-24-18(15-25-20)12-13-21(29)28-32-22-11-7-8-14-31-22/h12-13,15-17,19,22H,2-11,14H2,1H3,(H,25,27)(H,26,30)(H,28,29)/b13-12+/t19-,22?/m1/s1. The molecule has 1 unspecified atom stereocenters. The summed E-state index contributed by atoms with van der Waals surface area (Å²) in [6, 6.07) is -0.0990. The van der Waals surface area contributed by atoms with Gasteiger partial charge >= 0.3 is 0 Å². The van der Waals surface area contributed by atoms with Crippen molar-refractivity contribution in [1.29, 1.82) is 0 Å². The van der Waals surface area contributed by atoms with E-state index in [1.165, 1.54) is 31.8 Å². The molecule has 0 radical (unpaired) electrons. The highest BCUT2D eigenvalue weighted by Crippen LogP contribution is 2.18. The Morgan fingerprint density at radius 3 is 2.56 bits per heavy atom. The molecule has 1 aromatic rings. The van der Waals surface area contributed by atoms with E-state index in [-0.39, 0.29) is 18.0 Å². The maximum atomic E-state index is 12.7. The topological polar surface area (TPSA) is 114 Å². The van der Waals surface area contributed by atoms with E-state index in [9.17, 15) is 9.59 Å². The molecular weight excluding hydrogens is 410 g/mol. The van der Waals surface area contributed by atoms with Crippen LogP contribution in [0, 0.1) is 0 Å². The highest BCUT2D eigenvalue weighted by Gasteiger charge is 2.21. The van der Waals surface area contributed by atoms with Gasteiger partial charge in [-0.1, -0.05) is 32.6 Å². The number of anilines is 1. The smallest absolute Gasteiger partial charge is 0.267 e. The molecule has 1 saturated heterocycles. The number of nitrogens with one attached hydrogen (secondary N) is 3. The third kappa shape index (κ3) is 8.20. The van der Waals surface area contributed by atoms with Crippen LogP contribution in [0.4, 0.5) is 5.82 Å². The second-order valence-electron chi connectivity index (χ2n) is 8.34. The molecule has 3 rings (SSSR count). The van der Waals surface area contributed by atoms with Crippen LogP contribution >= 0.6 is 0 Å². The molecule has 2 fully saturated rings. The van der Waals surface area contributed by atoms with Crippen molar-refractivity contribution in [3.8, 4) is 0 Å². The van der Waals surface area contributed by atoms with E-state index in [1.807, 2.05) is 6.92 Å². The summed E-state index contributed by atoms with van der Waals surface area (Å²) in [6.07, 6.45) is 16.0. The molecule has 0 spiro atoms. The van der Waals surface area contributed by atoms with Gasteiger partial charge in [0.2, 0.25) is 5.91 Å². The number of carbonyl (C=O) groups excluding carboxylic acids is 2. The molecule has 32 heavy (non-hydrogen) atoms. The van der Waals surface area contributed by atoms with Crippen molar-refractivity contribution in [1.82, 2.24) is 20.8 Å². The number of hydrogen-bond donors (Lipinski definition) is 3. The van der Waals surface area contributed by atoms with Crippen LogP contribution < -0.4 is 16.1 Å². The summed E-state index contributed by atoms with van der Waals surface area (Å²) in [5, 5.41) is 6.34. The lowest BCUT2D eigenvalue weighted by atomic mass is 10.1. The van der Waals surface area contributed by atoms with Gasteiger partial charge in [-0.25, -0.2) is 15.3 Å². The zero-order chi connectivity index (χ0) is 22.6. The molecule has 3 N–H and O–H groups in total. The number of hydrogen-bond acceptors (Lipinski definition) is 7. The normalized spacial score (nSPS) is 21.0. The van der Waals surface area contributed by atoms with Gasteiger partial charge in [0, 0.05) is 25.1 Å². The van der Waals surface area contributed by atoms with Gasteiger partial charge in [0.1, 0.15) is 11.9 Å². The SMILES string of the molecule is CC[C@@H](Nc1cnc(/C=C/C(=O)NOC2CCCCO2)cn1)C(=O)NC1CCCCCC1. The maximum absolute atomic E-state index is 12.7. The first-order valence-electron chi connectivity index (χ1n) is 11.8. The van der Waals surface area contributed by atoms with E-state index in [4.69, 9.17) is 9.57 Å². The van der Waals surface area contributed by atoms with E-state index in [0.29, 0.717) is 24.5 Å². The highest BCUT2D eigenvalue weighted by atomic mass is 16.8. The molecule has 1 aromatic heterocycles. The lowest BCUT2D eigenvalue weighted by molar-refractivity contribution is -0.198. The number of aromatic nitrogens is 2. The largest absolute Gasteiger partial charge is 0.357 e. The Morgan fingerprint density at radius 2 is 1.91 bits per heavy atom. The first-order chi connectivity index (χ1) is 15.6. The summed E-state index contributed by atoms with van der Waals surface area (Å²) in [5.74, 6) is 0.125. The van der Waals surface area contributed by atoms with Gasteiger partial charge in [-0.15, -0.1) is 0 Å². The van der Waals surface area contributed by atoms with Crippen molar-refractivity contribution in [2.24, 2.45) is 0 Å². The van der Waals surface area contributed by atoms with Crippen molar-refractivity contribution in [2.75, 3.05) is 11.9 Å². The molecule has 2 atom stereocenters. The molecule has 2 amide bonds. The van der Waals surface area contributed by atoms with Crippen LogP contribution in [0.1, 0.15) is 76.8 Å². The minimum absolute atomic E-state index is 0.00351. The van der Waals surface area contributed by atoms with Crippen LogP contribution in [0.3, 0.4) is 0 Å². The minimum atomic E-state index is -0.399. The lowest BCUT2D eigenvalue weighted by Gasteiger charge is -2.22. The van der Waals surface area contributed by atoms with E-state index >= 15 is 0 Å². The fourth-order valence-electron chi connectivity index (χ4n) is 3.88. The summed E-state index contributed by atoms with van der Waals surface area (Å²) >= 11 is 0. The summed E-state index contributed by atoms with van der Waals surface area (Å²) in [7, 11) is 0. The summed E-state index contributed by atoms with van der Waals surface area (Å²) in [5.41, 5.74) is 2.89. The number of rotatable bonds is 9. The van der Waals surface area contributed by atoms with Gasteiger partial charge in [-0.3, -0.25) is 14.6 Å². The van der Waals surface area contributed by atoms with Gasteiger partial charge in [0.25, 0.3) is 5.91 Å². The zero-order valence-corrected chi connectivity index (χ0v) is 18.8. The average molecular weight is 446 g/mol. The molecule has 1 aliphatic carbocycles. The average Bonchev–Trinajstić information content (AvgIpc) is 3.10. The van der Waals surface area contributed by atoms with Crippen LogP contribution in [0.15, 0.2) is 18.5 Å². The van der Waals surface area contributed by atoms with Crippen molar-refractivity contribution < 1.29 is 19.2 Å². The van der Waals surface area contributed by atoms with Crippen molar-refractivity contribution in [3.05, 3.63) is 24.2 Å². The Kier molecular flexibility index (Phi) is 9.90. The predicted molar refractivity (Wildman–Crippen MR) is 121 cm³/mol. The maximum Gasteiger partial charge on any atom is 0.267 e. The third-order valence-corrected chi connectivity index (χ3v) is 5.75. The Bertz CT molecular complexity index is 741. The van der Waals surface area contributed by atoms with Gasteiger partial charge in [-0.05, 0) is 38.2 Å². The molecule has 176 valence electrons. The zero-order valence-electron chi connectivity index (χ0n) is 18.8. The second kappa shape index (κ2) is 13.1. The summed E-state index contributed by atoms with van der Waals surface area (Å²) < 4.78 is 5.39. The van der Waals surface area contributed by atoms with Gasteiger partial charge in [-0.2, -0.15) is 0 Å². The Labute approximate surface area is 189 Å². The van der Waals surface area contributed by atoms with Crippen LogP contribution in [0.5, 0.6) is 0 Å². The number of carbonyl (C=O) groups is 2. The van der Waals surface area contributed by atoms with E-state index in [2.05, 4.69) is 26.1 Å². The molecule has 2 aliphatic rings. The van der Waals surface area contributed by atoms with Crippen LogP contribution in [-0.2, 0) is 19.2 Å². The molecule has 9 heteroatoms. The fourth-order valence-corrected chi connectivity index (χ4v) is 3.88. The third-order valence-electron chi connectivity index (χ3n) is 5.75. The monoisotopic (exact) mass is 445 g/mol. The molecule has 1 aliphatic heterocycles. The Hall–Kier alpha value is -2.52. The molecule has 1 saturated carbocycles. The second-order valence-corrected chi connectivity index (χ2v) is 8.34. The Morgan fingerprint density at radius 1 is 1.12 bits per heavy atom. The minimum Gasteiger partial charge on any atom is -0.357 e. The van der Waals surface area contributed by atoms with E-state index in [0.717, 1.165) is 32.1 Å². The van der Waals surface area contributed by atoms with Crippen LogP contribution in [-0.4, -0.2) is 46.8 Å².